The number of hydrogen-bond donors (Lipinski definition) is 2. The second-order valence-electron chi connectivity index (χ2n) is 4.60. The number of ether oxygens (including phenoxy) is 2. The lowest BCUT2D eigenvalue weighted by Gasteiger charge is -2.16. The van der Waals surface area contributed by atoms with Gasteiger partial charge in [0.1, 0.15) is 5.75 Å². The number of nitrogens with two attached hydrogens (primary N) is 1. The maximum absolute atomic E-state index is 12.0. The lowest BCUT2D eigenvalue weighted by atomic mass is 10.0. The lowest BCUT2D eigenvalue weighted by molar-refractivity contribution is -0.274. The summed E-state index contributed by atoms with van der Waals surface area (Å²) in [5.74, 6) is 5.26. The molecule has 0 bridgehead atoms. The number of nitrogens with one attached hydrogen (secondary N) is 1. The van der Waals surface area contributed by atoms with Crippen LogP contribution in [0.5, 0.6) is 5.75 Å². The van der Waals surface area contributed by atoms with Gasteiger partial charge in [0, 0.05) is 19.3 Å². The summed E-state index contributed by atoms with van der Waals surface area (Å²) in [6.45, 7) is 3.29. The highest BCUT2D eigenvalue weighted by Crippen LogP contribution is 2.23. The van der Waals surface area contributed by atoms with Crippen molar-refractivity contribution in [3.05, 3.63) is 29.8 Å². The van der Waals surface area contributed by atoms with E-state index in [4.69, 9.17) is 10.6 Å². The molecule has 7 heteroatoms. The van der Waals surface area contributed by atoms with E-state index in [0.717, 1.165) is 18.4 Å². The number of hydrogen-bond acceptors (Lipinski definition) is 4. The summed E-state index contributed by atoms with van der Waals surface area (Å²) in [5, 5.41) is 0. The van der Waals surface area contributed by atoms with Crippen LogP contribution in [0.25, 0.3) is 0 Å². The minimum absolute atomic E-state index is 0.0554. The van der Waals surface area contributed by atoms with Crippen molar-refractivity contribution in [1.82, 2.24) is 5.43 Å². The molecular weight excluding hydrogens is 285 g/mol. The molecular formula is C14H21F3N2O2. The first-order chi connectivity index (χ1) is 9.94. The van der Waals surface area contributed by atoms with E-state index in [1.165, 1.54) is 12.1 Å². The Labute approximate surface area is 122 Å². The van der Waals surface area contributed by atoms with E-state index in [0.29, 0.717) is 19.6 Å². The van der Waals surface area contributed by atoms with Gasteiger partial charge in [-0.05, 0) is 43.9 Å². The Morgan fingerprint density at radius 2 is 1.90 bits per heavy atom. The Morgan fingerprint density at radius 1 is 1.24 bits per heavy atom. The molecule has 4 nitrogen and oxygen atoms in total. The van der Waals surface area contributed by atoms with Gasteiger partial charge in [-0.3, -0.25) is 11.3 Å². The second kappa shape index (κ2) is 8.86. The number of benzene rings is 1. The van der Waals surface area contributed by atoms with Crippen molar-refractivity contribution in [3.63, 3.8) is 0 Å². The summed E-state index contributed by atoms with van der Waals surface area (Å²) in [4.78, 5) is 0. The molecule has 0 aliphatic carbocycles. The molecule has 1 aromatic rings. The SMILES string of the molecule is CCOCCCC(Cc1ccc(OC(F)(F)F)cc1)NN. The average Bonchev–Trinajstić information content (AvgIpc) is 2.42. The van der Waals surface area contributed by atoms with Gasteiger partial charge in [-0.1, -0.05) is 12.1 Å². The fraction of sp³-hybridized carbons (Fsp3) is 0.571. The molecule has 0 aromatic heterocycles. The van der Waals surface area contributed by atoms with Crippen molar-refractivity contribution in [3.8, 4) is 5.75 Å². The average molecular weight is 306 g/mol. The Balaban J connectivity index is 2.45. The van der Waals surface area contributed by atoms with E-state index in [2.05, 4.69) is 10.2 Å². The monoisotopic (exact) mass is 306 g/mol. The van der Waals surface area contributed by atoms with Gasteiger partial charge in [-0.25, -0.2) is 0 Å². The highest BCUT2D eigenvalue weighted by molar-refractivity contribution is 5.27. The van der Waals surface area contributed by atoms with Gasteiger partial charge >= 0.3 is 6.36 Å². The van der Waals surface area contributed by atoms with Gasteiger partial charge in [0.25, 0.3) is 0 Å². The Hall–Kier alpha value is -1.31. The van der Waals surface area contributed by atoms with Crippen LogP contribution in [0.4, 0.5) is 13.2 Å². The standard InChI is InChI=1S/C14H21F3N2O2/c1-2-20-9-3-4-12(19-18)10-11-5-7-13(8-6-11)21-14(15,16)17/h5-8,12,19H,2-4,9-10,18H2,1H3. The van der Waals surface area contributed by atoms with Crippen molar-refractivity contribution in [2.45, 2.75) is 38.6 Å². The van der Waals surface area contributed by atoms with Crippen LogP contribution in [-0.2, 0) is 11.2 Å². The van der Waals surface area contributed by atoms with Crippen LogP contribution in [-0.4, -0.2) is 25.6 Å². The topological polar surface area (TPSA) is 56.5 Å². The first-order valence-corrected chi connectivity index (χ1v) is 6.83. The Morgan fingerprint density at radius 3 is 2.43 bits per heavy atom. The first kappa shape index (κ1) is 17.7. The molecule has 0 saturated carbocycles. The van der Waals surface area contributed by atoms with E-state index >= 15 is 0 Å². The molecule has 21 heavy (non-hydrogen) atoms. The van der Waals surface area contributed by atoms with E-state index < -0.39 is 6.36 Å². The summed E-state index contributed by atoms with van der Waals surface area (Å²) in [6, 6.07) is 5.87. The molecule has 1 aromatic carbocycles. The largest absolute Gasteiger partial charge is 0.573 e. The summed E-state index contributed by atoms with van der Waals surface area (Å²) in [5.41, 5.74) is 3.61. The van der Waals surface area contributed by atoms with Crippen LogP contribution >= 0.6 is 0 Å². The van der Waals surface area contributed by atoms with Crippen LogP contribution < -0.4 is 16.0 Å². The predicted octanol–water partition coefficient (Wildman–Crippen LogP) is 2.78. The highest BCUT2D eigenvalue weighted by Gasteiger charge is 2.30. The van der Waals surface area contributed by atoms with Crippen molar-refractivity contribution in [2.75, 3.05) is 13.2 Å². The smallest absolute Gasteiger partial charge is 0.406 e. The molecule has 120 valence electrons. The molecule has 1 unspecified atom stereocenters. The van der Waals surface area contributed by atoms with Crippen LogP contribution in [0, 0.1) is 0 Å². The molecule has 0 heterocycles. The summed E-state index contributed by atoms with van der Waals surface area (Å²) >= 11 is 0. The van der Waals surface area contributed by atoms with Gasteiger partial charge in [0.2, 0.25) is 0 Å². The number of rotatable bonds is 9. The van der Waals surface area contributed by atoms with E-state index in [-0.39, 0.29) is 11.8 Å². The maximum atomic E-state index is 12.0. The Kier molecular flexibility index (Phi) is 7.49. The van der Waals surface area contributed by atoms with E-state index in [1.807, 2.05) is 6.92 Å². The molecule has 0 amide bonds. The Bertz CT molecular complexity index is 396. The van der Waals surface area contributed by atoms with Gasteiger partial charge in [0.15, 0.2) is 0 Å². The van der Waals surface area contributed by atoms with E-state index in [1.54, 1.807) is 12.1 Å². The molecule has 1 rings (SSSR count). The minimum atomic E-state index is -4.66. The lowest BCUT2D eigenvalue weighted by Crippen LogP contribution is -2.36. The van der Waals surface area contributed by atoms with Crippen molar-refractivity contribution in [2.24, 2.45) is 5.84 Å². The quantitative estimate of drug-likeness (QED) is 0.418. The summed E-state index contributed by atoms with van der Waals surface area (Å²) in [6.07, 6.45) is -2.33. The number of alkyl halides is 3. The maximum Gasteiger partial charge on any atom is 0.573 e. The van der Waals surface area contributed by atoms with E-state index in [9.17, 15) is 13.2 Å². The fourth-order valence-electron chi connectivity index (χ4n) is 1.93. The first-order valence-electron chi connectivity index (χ1n) is 6.83. The molecule has 0 spiro atoms. The normalized spacial score (nSPS) is 13.2. The fourth-order valence-corrected chi connectivity index (χ4v) is 1.93. The van der Waals surface area contributed by atoms with Crippen molar-refractivity contribution in [1.29, 1.82) is 0 Å². The van der Waals surface area contributed by atoms with Crippen LogP contribution in [0.1, 0.15) is 25.3 Å². The third-order valence-corrected chi connectivity index (χ3v) is 2.92. The molecule has 1 atom stereocenters. The zero-order valence-corrected chi connectivity index (χ0v) is 12.0. The minimum Gasteiger partial charge on any atom is -0.406 e. The van der Waals surface area contributed by atoms with Crippen molar-refractivity contribution >= 4 is 0 Å². The molecule has 3 N–H and O–H groups in total. The zero-order chi connectivity index (χ0) is 15.7. The van der Waals surface area contributed by atoms with Gasteiger partial charge in [0.05, 0.1) is 0 Å². The third-order valence-electron chi connectivity index (χ3n) is 2.92. The zero-order valence-electron chi connectivity index (χ0n) is 12.0. The summed E-state index contributed by atoms with van der Waals surface area (Å²) < 4.78 is 45.2. The van der Waals surface area contributed by atoms with Crippen LogP contribution in [0.3, 0.4) is 0 Å². The van der Waals surface area contributed by atoms with Gasteiger partial charge in [-0.15, -0.1) is 13.2 Å². The second-order valence-corrected chi connectivity index (χ2v) is 4.60. The highest BCUT2D eigenvalue weighted by atomic mass is 19.4. The van der Waals surface area contributed by atoms with Crippen LogP contribution in [0.15, 0.2) is 24.3 Å². The molecule has 0 aliphatic heterocycles. The number of hydrazine groups is 1. The molecule has 0 saturated heterocycles. The van der Waals surface area contributed by atoms with Crippen LogP contribution in [0.2, 0.25) is 0 Å². The third kappa shape index (κ3) is 7.89. The predicted molar refractivity (Wildman–Crippen MR) is 73.7 cm³/mol. The molecule has 0 fully saturated rings. The van der Waals surface area contributed by atoms with Gasteiger partial charge < -0.3 is 9.47 Å². The summed E-state index contributed by atoms with van der Waals surface area (Å²) in [7, 11) is 0. The van der Waals surface area contributed by atoms with Crippen molar-refractivity contribution < 1.29 is 22.6 Å². The number of halogens is 3. The molecule has 0 radical (unpaired) electrons. The molecule has 0 aliphatic rings. The van der Waals surface area contributed by atoms with Gasteiger partial charge in [-0.2, -0.15) is 0 Å².